The molecular formula is C15H11ClN4O. The largest absolute Gasteiger partial charge is 0.399 e. The fourth-order valence-electron chi connectivity index (χ4n) is 1.75. The highest BCUT2D eigenvalue weighted by Crippen LogP contribution is 2.16. The van der Waals surface area contributed by atoms with Gasteiger partial charge in [-0.1, -0.05) is 28.9 Å². The van der Waals surface area contributed by atoms with Crippen molar-refractivity contribution in [2.45, 2.75) is 0 Å². The molecule has 0 spiro atoms. The number of nitrogen functional groups attached to an aromatic ring is 1. The van der Waals surface area contributed by atoms with Crippen LogP contribution in [0.3, 0.4) is 0 Å². The van der Waals surface area contributed by atoms with Gasteiger partial charge in [0.25, 0.3) is 5.89 Å². The summed E-state index contributed by atoms with van der Waals surface area (Å²) in [5, 5.41) is 4.44. The lowest BCUT2D eigenvalue weighted by Crippen LogP contribution is -1.85. The number of benzene rings is 1. The molecule has 0 aliphatic heterocycles. The van der Waals surface area contributed by atoms with Crippen LogP contribution >= 0.6 is 11.6 Å². The molecule has 2 N–H and O–H groups in total. The third kappa shape index (κ3) is 3.27. The number of hydrogen-bond acceptors (Lipinski definition) is 5. The van der Waals surface area contributed by atoms with E-state index in [1.807, 2.05) is 30.3 Å². The first-order valence-corrected chi connectivity index (χ1v) is 6.58. The van der Waals surface area contributed by atoms with Crippen molar-refractivity contribution in [2.24, 2.45) is 0 Å². The lowest BCUT2D eigenvalue weighted by molar-refractivity contribution is 0.411. The molecule has 0 aliphatic carbocycles. The molecule has 0 saturated heterocycles. The zero-order chi connectivity index (χ0) is 14.7. The third-order valence-electron chi connectivity index (χ3n) is 2.73. The van der Waals surface area contributed by atoms with Crippen LogP contribution < -0.4 is 5.73 Å². The van der Waals surface area contributed by atoms with Crippen molar-refractivity contribution in [1.82, 2.24) is 15.1 Å². The number of aromatic nitrogens is 3. The lowest BCUT2D eigenvalue weighted by atomic mass is 10.2. The predicted molar refractivity (Wildman–Crippen MR) is 82.3 cm³/mol. The van der Waals surface area contributed by atoms with Crippen molar-refractivity contribution in [3.63, 3.8) is 0 Å². The predicted octanol–water partition coefficient (Wildman–Crippen LogP) is 3.54. The molecule has 3 rings (SSSR count). The van der Waals surface area contributed by atoms with Gasteiger partial charge in [0.05, 0.1) is 5.02 Å². The molecular weight excluding hydrogens is 288 g/mol. The molecule has 2 heterocycles. The topological polar surface area (TPSA) is 77.8 Å². The molecule has 0 bridgehead atoms. The smallest absolute Gasteiger partial charge is 0.251 e. The second-order valence-electron chi connectivity index (χ2n) is 4.32. The van der Waals surface area contributed by atoms with E-state index < -0.39 is 0 Å². The molecule has 3 aromatic rings. The third-order valence-corrected chi connectivity index (χ3v) is 2.95. The summed E-state index contributed by atoms with van der Waals surface area (Å²) >= 11 is 5.79. The Hall–Kier alpha value is -2.66. The number of anilines is 1. The van der Waals surface area contributed by atoms with E-state index in [0.29, 0.717) is 28.1 Å². The number of nitrogens with two attached hydrogens (primary N) is 1. The normalized spacial score (nSPS) is 11.1. The van der Waals surface area contributed by atoms with Crippen LogP contribution in [0.5, 0.6) is 0 Å². The second kappa shape index (κ2) is 5.76. The van der Waals surface area contributed by atoms with Gasteiger partial charge in [-0.3, -0.25) is 4.98 Å². The Morgan fingerprint density at radius 1 is 1.14 bits per heavy atom. The van der Waals surface area contributed by atoms with Crippen LogP contribution in [0.4, 0.5) is 5.69 Å². The summed E-state index contributed by atoms with van der Waals surface area (Å²) in [7, 11) is 0. The molecule has 0 radical (unpaired) electrons. The van der Waals surface area contributed by atoms with Gasteiger partial charge in [0, 0.05) is 18.0 Å². The van der Waals surface area contributed by atoms with Crippen molar-refractivity contribution in [3.8, 4) is 11.5 Å². The van der Waals surface area contributed by atoms with E-state index in [1.54, 1.807) is 18.2 Å². The Morgan fingerprint density at radius 2 is 2.05 bits per heavy atom. The van der Waals surface area contributed by atoms with Crippen LogP contribution in [-0.4, -0.2) is 15.1 Å². The number of hydrogen-bond donors (Lipinski definition) is 1. The summed E-state index contributed by atoms with van der Waals surface area (Å²) in [5.41, 5.74) is 7.98. The summed E-state index contributed by atoms with van der Waals surface area (Å²) < 4.78 is 5.15. The van der Waals surface area contributed by atoms with Crippen LogP contribution in [0.2, 0.25) is 5.02 Å². The molecule has 0 saturated carbocycles. The standard InChI is InChI=1S/C15H11ClN4O/c16-11-5-6-13(18-9-11)15-19-14(21-20-15)7-4-10-2-1-3-12(17)8-10/h1-9H,17H2/b7-4+. The minimum atomic E-state index is 0.393. The summed E-state index contributed by atoms with van der Waals surface area (Å²) in [5.74, 6) is 0.808. The molecule has 2 aromatic heterocycles. The first-order valence-electron chi connectivity index (χ1n) is 6.20. The number of nitrogens with zero attached hydrogens (tertiary/aromatic N) is 3. The first kappa shape index (κ1) is 13.3. The fourth-order valence-corrected chi connectivity index (χ4v) is 1.86. The second-order valence-corrected chi connectivity index (χ2v) is 4.76. The molecule has 0 fully saturated rings. The highest BCUT2D eigenvalue weighted by molar-refractivity contribution is 6.30. The van der Waals surface area contributed by atoms with Crippen molar-refractivity contribution in [2.75, 3.05) is 5.73 Å². The molecule has 21 heavy (non-hydrogen) atoms. The van der Waals surface area contributed by atoms with E-state index in [4.69, 9.17) is 21.9 Å². The summed E-state index contributed by atoms with van der Waals surface area (Å²) in [6, 6.07) is 11.0. The van der Waals surface area contributed by atoms with Crippen molar-refractivity contribution in [3.05, 3.63) is 59.1 Å². The minimum Gasteiger partial charge on any atom is -0.399 e. The van der Waals surface area contributed by atoms with E-state index in [0.717, 1.165) is 5.56 Å². The van der Waals surface area contributed by atoms with Crippen LogP contribution in [-0.2, 0) is 0 Å². The Bertz CT molecular complexity index is 780. The van der Waals surface area contributed by atoms with Crippen LogP contribution in [0.25, 0.3) is 23.7 Å². The zero-order valence-corrected chi connectivity index (χ0v) is 11.7. The maximum atomic E-state index is 5.79. The molecule has 104 valence electrons. The van der Waals surface area contributed by atoms with Gasteiger partial charge >= 0.3 is 0 Å². The van der Waals surface area contributed by atoms with Gasteiger partial charge in [-0.2, -0.15) is 4.98 Å². The molecule has 0 aliphatic rings. The van der Waals surface area contributed by atoms with Gasteiger partial charge in [0.15, 0.2) is 0 Å². The average Bonchev–Trinajstić information content (AvgIpc) is 2.95. The van der Waals surface area contributed by atoms with Gasteiger partial charge in [-0.25, -0.2) is 0 Å². The Balaban J connectivity index is 1.80. The van der Waals surface area contributed by atoms with E-state index in [9.17, 15) is 0 Å². The summed E-state index contributed by atoms with van der Waals surface area (Å²) in [6.07, 6.45) is 5.11. The maximum absolute atomic E-state index is 5.79. The number of halogens is 1. The van der Waals surface area contributed by atoms with E-state index in [1.165, 1.54) is 6.20 Å². The van der Waals surface area contributed by atoms with Crippen LogP contribution in [0.15, 0.2) is 47.1 Å². The number of pyridine rings is 1. The number of rotatable bonds is 3. The minimum absolute atomic E-state index is 0.393. The molecule has 0 amide bonds. The van der Waals surface area contributed by atoms with Crippen LogP contribution in [0, 0.1) is 0 Å². The quantitative estimate of drug-likeness (QED) is 0.748. The highest BCUT2D eigenvalue weighted by Gasteiger charge is 2.07. The maximum Gasteiger partial charge on any atom is 0.251 e. The molecule has 0 unspecified atom stereocenters. The van der Waals surface area contributed by atoms with E-state index in [2.05, 4.69) is 15.1 Å². The summed E-state index contributed by atoms with van der Waals surface area (Å²) in [4.78, 5) is 8.38. The monoisotopic (exact) mass is 298 g/mol. The molecule has 6 heteroatoms. The summed E-state index contributed by atoms with van der Waals surface area (Å²) in [6.45, 7) is 0. The van der Waals surface area contributed by atoms with Gasteiger partial charge in [0.1, 0.15) is 5.69 Å². The first-order chi connectivity index (χ1) is 10.2. The average molecular weight is 299 g/mol. The van der Waals surface area contributed by atoms with Crippen molar-refractivity contribution < 1.29 is 4.52 Å². The van der Waals surface area contributed by atoms with Gasteiger partial charge < -0.3 is 10.3 Å². The van der Waals surface area contributed by atoms with Crippen molar-refractivity contribution >= 4 is 29.4 Å². The van der Waals surface area contributed by atoms with Gasteiger partial charge in [-0.05, 0) is 35.9 Å². The molecule has 0 atom stereocenters. The van der Waals surface area contributed by atoms with Gasteiger partial charge in [-0.15, -0.1) is 0 Å². The molecule has 1 aromatic carbocycles. The lowest BCUT2D eigenvalue weighted by Gasteiger charge is -1.94. The molecule has 5 nitrogen and oxygen atoms in total. The fraction of sp³-hybridized carbons (Fsp3) is 0. The SMILES string of the molecule is Nc1cccc(/C=C/c2nc(-c3ccc(Cl)cn3)no2)c1. The zero-order valence-electron chi connectivity index (χ0n) is 10.9. The van der Waals surface area contributed by atoms with E-state index >= 15 is 0 Å². The highest BCUT2D eigenvalue weighted by atomic mass is 35.5. The van der Waals surface area contributed by atoms with Crippen LogP contribution in [0.1, 0.15) is 11.5 Å². The Kier molecular flexibility index (Phi) is 3.66. The van der Waals surface area contributed by atoms with E-state index in [-0.39, 0.29) is 0 Å². The van der Waals surface area contributed by atoms with Gasteiger partial charge in [0.2, 0.25) is 5.82 Å². The Labute approximate surface area is 126 Å². The van der Waals surface area contributed by atoms with Crippen molar-refractivity contribution in [1.29, 1.82) is 0 Å². The Morgan fingerprint density at radius 3 is 2.81 bits per heavy atom.